The predicted octanol–water partition coefficient (Wildman–Crippen LogP) is 16.3. The van der Waals surface area contributed by atoms with Gasteiger partial charge in [0, 0.05) is 16.6 Å². The average Bonchev–Trinajstić information content (AvgIpc) is 3.83. The van der Waals surface area contributed by atoms with E-state index in [1.165, 1.54) is 99.1 Å². The van der Waals surface area contributed by atoms with Gasteiger partial charge in [0.2, 0.25) is 0 Å². The highest BCUT2D eigenvalue weighted by Gasteiger charge is 2.54. The lowest BCUT2D eigenvalue weighted by molar-refractivity contribution is 0.802. The summed E-state index contributed by atoms with van der Waals surface area (Å²) in [5.41, 5.74) is 18.1. The molecule has 0 atom stereocenters. The van der Waals surface area contributed by atoms with Crippen LogP contribution in [0, 0.1) is 0 Å². The zero-order chi connectivity index (χ0) is 40.8. The highest BCUT2D eigenvalue weighted by Crippen LogP contribution is 2.67. The molecular weight excluding hydrogens is 747 g/mol. The Hall–Kier alpha value is -8.00. The monoisotopic (exact) mass is 785 g/mol. The number of hydrogen-bond donors (Lipinski definition) is 0. The first-order chi connectivity index (χ1) is 30.8. The van der Waals surface area contributed by atoms with E-state index in [1.807, 2.05) is 0 Å². The Kier molecular flexibility index (Phi) is 7.59. The summed E-state index contributed by atoms with van der Waals surface area (Å²) in [5, 5.41) is 7.63. The topological polar surface area (TPSA) is 3.24 Å². The minimum Gasteiger partial charge on any atom is -0.309 e. The zero-order valence-electron chi connectivity index (χ0n) is 34.0. The van der Waals surface area contributed by atoms with Gasteiger partial charge in [0.15, 0.2) is 0 Å². The lowest BCUT2D eigenvalue weighted by atomic mass is 9.69. The molecule has 288 valence electrons. The number of nitrogens with zero attached hydrogens (tertiary/aromatic N) is 1. The van der Waals surface area contributed by atoms with E-state index in [0.717, 1.165) is 17.1 Å². The first-order valence-electron chi connectivity index (χ1n) is 21.6. The highest BCUT2D eigenvalue weighted by molar-refractivity contribution is 6.24. The van der Waals surface area contributed by atoms with Gasteiger partial charge < -0.3 is 4.90 Å². The minimum atomic E-state index is -0.587. The SMILES string of the molecule is c1ccc(-c2ccc(-c3ccccc3)c(N(c3ccccc3)c3cc4c(c5ccccc35)-c3c(c5ccccc5c5ccccc35)C43c4ccccc4-c4ccccc43)c2)cc1. The van der Waals surface area contributed by atoms with Crippen LogP contribution in [-0.4, -0.2) is 0 Å². The minimum absolute atomic E-state index is 0.587. The Morgan fingerprint density at radius 1 is 0.274 bits per heavy atom. The summed E-state index contributed by atoms with van der Waals surface area (Å²) in [6.45, 7) is 0. The second-order valence-electron chi connectivity index (χ2n) is 16.7. The number of rotatable bonds is 5. The molecule has 0 saturated carbocycles. The van der Waals surface area contributed by atoms with Crippen molar-refractivity contribution < 1.29 is 0 Å². The molecule has 1 heteroatoms. The molecule has 0 heterocycles. The molecule has 0 fully saturated rings. The molecule has 0 aliphatic heterocycles. The van der Waals surface area contributed by atoms with E-state index >= 15 is 0 Å². The molecule has 0 N–H and O–H groups in total. The van der Waals surface area contributed by atoms with Gasteiger partial charge in [-0.15, -0.1) is 0 Å². The van der Waals surface area contributed by atoms with Crippen molar-refractivity contribution in [3.63, 3.8) is 0 Å². The Morgan fingerprint density at radius 2 is 0.758 bits per heavy atom. The third-order valence-electron chi connectivity index (χ3n) is 13.6. The fourth-order valence-corrected chi connectivity index (χ4v) is 11.2. The van der Waals surface area contributed by atoms with Gasteiger partial charge in [-0.25, -0.2) is 0 Å². The van der Waals surface area contributed by atoms with Gasteiger partial charge in [-0.1, -0.05) is 212 Å². The first kappa shape index (κ1) is 34.8. The molecule has 1 nitrogen and oxygen atoms in total. The average molecular weight is 786 g/mol. The van der Waals surface area contributed by atoms with E-state index in [0.29, 0.717) is 0 Å². The van der Waals surface area contributed by atoms with E-state index in [1.54, 1.807) is 0 Å². The standard InChI is InChI=1S/C61H39N/c1-4-20-40(21-5-1)42-36-37-44(41-22-6-2-7-23-41)56(38-42)62(43-24-8-3-9-25-43)57-39-55-58(51-32-14-12-30-49(51)57)59-50-31-13-10-26-45(50)46-27-11-15-33-52(46)60(59)61(55)53-34-18-16-28-47(53)48-29-17-19-35-54(48)61/h1-39H. The normalized spacial score (nSPS) is 13.0. The molecule has 0 aromatic heterocycles. The Labute approximate surface area is 361 Å². The summed E-state index contributed by atoms with van der Waals surface area (Å²) in [6, 6.07) is 87.9. The predicted molar refractivity (Wildman–Crippen MR) is 261 cm³/mol. The number of fused-ring (bicyclic) bond motifs is 17. The van der Waals surface area contributed by atoms with E-state index in [-0.39, 0.29) is 0 Å². The molecule has 13 rings (SSSR count). The molecule has 11 aromatic carbocycles. The van der Waals surface area contributed by atoms with Crippen molar-refractivity contribution >= 4 is 49.4 Å². The van der Waals surface area contributed by atoms with Crippen LogP contribution in [0.25, 0.3) is 76.8 Å². The lowest BCUT2D eigenvalue weighted by Gasteiger charge is -2.34. The molecule has 1 spiro atoms. The summed E-state index contributed by atoms with van der Waals surface area (Å²) in [4.78, 5) is 2.54. The molecule has 0 saturated heterocycles. The molecule has 2 aliphatic rings. The van der Waals surface area contributed by atoms with Gasteiger partial charge in [0.1, 0.15) is 0 Å². The molecule has 0 radical (unpaired) electrons. The molecule has 0 bridgehead atoms. The van der Waals surface area contributed by atoms with Gasteiger partial charge in [-0.2, -0.15) is 0 Å². The largest absolute Gasteiger partial charge is 0.309 e. The van der Waals surface area contributed by atoms with E-state index in [2.05, 4.69) is 241 Å². The van der Waals surface area contributed by atoms with Crippen LogP contribution in [0.3, 0.4) is 0 Å². The third kappa shape index (κ3) is 4.79. The molecule has 62 heavy (non-hydrogen) atoms. The summed E-state index contributed by atoms with van der Waals surface area (Å²) >= 11 is 0. The van der Waals surface area contributed by atoms with Gasteiger partial charge >= 0.3 is 0 Å². The summed E-state index contributed by atoms with van der Waals surface area (Å²) in [5.74, 6) is 0. The smallest absolute Gasteiger partial charge is 0.0732 e. The van der Waals surface area contributed by atoms with Crippen LogP contribution in [0.15, 0.2) is 237 Å². The van der Waals surface area contributed by atoms with Gasteiger partial charge in [0.25, 0.3) is 0 Å². The second kappa shape index (κ2) is 13.5. The maximum atomic E-state index is 2.58. The number of para-hydroxylation sites is 1. The van der Waals surface area contributed by atoms with Crippen molar-refractivity contribution in [1.82, 2.24) is 0 Å². The quantitative estimate of drug-likeness (QED) is 0.157. The summed E-state index contributed by atoms with van der Waals surface area (Å²) < 4.78 is 0. The molecule has 0 amide bonds. The third-order valence-corrected chi connectivity index (χ3v) is 13.6. The van der Waals surface area contributed by atoms with Gasteiger partial charge in [-0.05, 0) is 112 Å². The van der Waals surface area contributed by atoms with Crippen LogP contribution in [-0.2, 0) is 5.41 Å². The maximum Gasteiger partial charge on any atom is 0.0732 e. The fourth-order valence-electron chi connectivity index (χ4n) is 11.2. The maximum absolute atomic E-state index is 2.58. The first-order valence-corrected chi connectivity index (χ1v) is 21.6. The van der Waals surface area contributed by atoms with Crippen LogP contribution >= 0.6 is 0 Å². The van der Waals surface area contributed by atoms with Gasteiger partial charge in [0.05, 0.1) is 16.8 Å². The zero-order valence-corrected chi connectivity index (χ0v) is 34.0. The van der Waals surface area contributed by atoms with E-state index < -0.39 is 5.41 Å². The number of hydrogen-bond acceptors (Lipinski definition) is 1. The van der Waals surface area contributed by atoms with Crippen molar-refractivity contribution in [2.45, 2.75) is 5.41 Å². The lowest BCUT2D eigenvalue weighted by Crippen LogP contribution is -2.26. The van der Waals surface area contributed by atoms with Crippen molar-refractivity contribution in [3.05, 3.63) is 259 Å². The molecule has 0 unspecified atom stereocenters. The van der Waals surface area contributed by atoms with Gasteiger partial charge in [-0.3, -0.25) is 0 Å². The molecule has 2 aliphatic carbocycles. The molecule has 11 aromatic rings. The Bertz CT molecular complexity index is 3520. The Morgan fingerprint density at radius 3 is 1.40 bits per heavy atom. The van der Waals surface area contributed by atoms with Crippen molar-refractivity contribution in [3.8, 4) is 44.5 Å². The van der Waals surface area contributed by atoms with Crippen LogP contribution < -0.4 is 4.90 Å². The van der Waals surface area contributed by atoms with Crippen molar-refractivity contribution in [2.75, 3.05) is 4.90 Å². The van der Waals surface area contributed by atoms with Crippen LogP contribution in [0.4, 0.5) is 17.1 Å². The number of anilines is 3. The van der Waals surface area contributed by atoms with Crippen LogP contribution in [0.1, 0.15) is 22.3 Å². The van der Waals surface area contributed by atoms with E-state index in [9.17, 15) is 0 Å². The Balaban J connectivity index is 1.23. The summed E-state index contributed by atoms with van der Waals surface area (Å²) in [7, 11) is 0. The summed E-state index contributed by atoms with van der Waals surface area (Å²) in [6.07, 6.45) is 0. The number of benzene rings is 11. The fraction of sp³-hybridized carbons (Fsp3) is 0.0164. The van der Waals surface area contributed by atoms with E-state index in [4.69, 9.17) is 0 Å². The highest BCUT2D eigenvalue weighted by atomic mass is 15.1. The van der Waals surface area contributed by atoms with Crippen LogP contribution in [0.5, 0.6) is 0 Å². The second-order valence-corrected chi connectivity index (χ2v) is 16.7. The van der Waals surface area contributed by atoms with Crippen molar-refractivity contribution in [2.24, 2.45) is 0 Å². The van der Waals surface area contributed by atoms with Crippen LogP contribution in [0.2, 0.25) is 0 Å². The molecular formula is C61H39N. The van der Waals surface area contributed by atoms with Crippen molar-refractivity contribution in [1.29, 1.82) is 0 Å².